The number of hydrogen-bond acceptors (Lipinski definition) is 5. The smallest absolute Gasteiger partial charge is 0.359 e. The zero-order valence-electron chi connectivity index (χ0n) is 14.9. The number of H-pyrrole nitrogens is 1. The molecule has 0 aromatic carbocycles. The first-order valence-corrected chi connectivity index (χ1v) is 8.73. The van der Waals surface area contributed by atoms with Gasteiger partial charge >= 0.3 is 5.97 Å². The minimum absolute atomic E-state index is 0.0292. The fourth-order valence-electron chi connectivity index (χ4n) is 3.51. The molecular formula is C17H24N4O4. The van der Waals surface area contributed by atoms with Crippen molar-refractivity contribution in [2.75, 3.05) is 19.7 Å². The fourth-order valence-corrected chi connectivity index (χ4v) is 3.51. The highest BCUT2D eigenvalue weighted by Crippen LogP contribution is 2.26. The molecule has 1 aromatic rings. The van der Waals surface area contributed by atoms with Gasteiger partial charge in [-0.15, -0.1) is 0 Å². The average molecular weight is 348 g/mol. The van der Waals surface area contributed by atoms with E-state index in [1.165, 1.54) is 0 Å². The van der Waals surface area contributed by atoms with E-state index in [2.05, 4.69) is 10.2 Å². The summed E-state index contributed by atoms with van der Waals surface area (Å²) in [6, 6.07) is 0.0996. The number of nitrogens with one attached hydrogen (secondary N) is 1. The number of carbonyl (C=O) groups is 3. The van der Waals surface area contributed by atoms with Crippen LogP contribution in [0.4, 0.5) is 0 Å². The Morgan fingerprint density at radius 1 is 1.40 bits per heavy atom. The maximum absolute atomic E-state index is 12.9. The molecule has 0 saturated carbocycles. The Balaban J connectivity index is 1.72. The van der Waals surface area contributed by atoms with Gasteiger partial charge in [-0.05, 0) is 20.8 Å². The van der Waals surface area contributed by atoms with Gasteiger partial charge in [0.1, 0.15) is 0 Å². The summed E-state index contributed by atoms with van der Waals surface area (Å²) in [5, 5.41) is 6.93. The molecule has 0 bridgehead atoms. The van der Waals surface area contributed by atoms with E-state index in [0.717, 1.165) is 11.3 Å². The summed E-state index contributed by atoms with van der Waals surface area (Å²) in [5.74, 6) is -0.787. The quantitative estimate of drug-likeness (QED) is 0.809. The molecule has 25 heavy (non-hydrogen) atoms. The van der Waals surface area contributed by atoms with Crippen LogP contribution in [0.3, 0.4) is 0 Å². The van der Waals surface area contributed by atoms with Gasteiger partial charge in [-0.3, -0.25) is 14.7 Å². The van der Waals surface area contributed by atoms with E-state index in [9.17, 15) is 14.4 Å². The van der Waals surface area contributed by atoms with Crippen molar-refractivity contribution >= 4 is 17.8 Å². The molecule has 0 spiro atoms. The lowest BCUT2D eigenvalue weighted by Gasteiger charge is -2.29. The lowest BCUT2D eigenvalue weighted by atomic mass is 10.0. The predicted molar refractivity (Wildman–Crippen MR) is 88.6 cm³/mol. The van der Waals surface area contributed by atoms with Crippen molar-refractivity contribution in [2.45, 2.75) is 46.2 Å². The molecule has 1 atom stereocenters. The van der Waals surface area contributed by atoms with E-state index in [0.29, 0.717) is 26.1 Å². The number of carbonyl (C=O) groups excluding carboxylic acids is 3. The predicted octanol–water partition coefficient (Wildman–Crippen LogP) is 0.728. The summed E-state index contributed by atoms with van der Waals surface area (Å²) in [5.41, 5.74) is 1.85. The van der Waals surface area contributed by atoms with Gasteiger partial charge in [0.2, 0.25) is 11.8 Å². The topological polar surface area (TPSA) is 95.6 Å². The van der Waals surface area contributed by atoms with Crippen molar-refractivity contribution in [2.24, 2.45) is 5.92 Å². The van der Waals surface area contributed by atoms with Crippen LogP contribution in [-0.2, 0) is 27.3 Å². The molecule has 1 aromatic heterocycles. The minimum Gasteiger partial charge on any atom is -0.461 e. The van der Waals surface area contributed by atoms with E-state index < -0.39 is 5.97 Å². The number of esters is 1. The van der Waals surface area contributed by atoms with E-state index in [4.69, 9.17) is 4.74 Å². The normalized spacial score (nSPS) is 20.2. The van der Waals surface area contributed by atoms with Gasteiger partial charge in [-0.25, -0.2) is 4.79 Å². The molecule has 3 heterocycles. The Bertz CT molecular complexity index is 697. The van der Waals surface area contributed by atoms with Crippen molar-refractivity contribution in [1.29, 1.82) is 0 Å². The largest absolute Gasteiger partial charge is 0.461 e. The van der Waals surface area contributed by atoms with Crippen molar-refractivity contribution in [3.8, 4) is 0 Å². The van der Waals surface area contributed by atoms with Crippen LogP contribution in [0.25, 0.3) is 0 Å². The van der Waals surface area contributed by atoms with Crippen LogP contribution in [0.15, 0.2) is 0 Å². The highest BCUT2D eigenvalue weighted by molar-refractivity contribution is 5.91. The summed E-state index contributed by atoms with van der Waals surface area (Å²) in [6.45, 7) is 7.27. The van der Waals surface area contributed by atoms with Crippen LogP contribution in [0.1, 0.15) is 48.9 Å². The number of aromatic nitrogens is 2. The van der Waals surface area contributed by atoms with Crippen molar-refractivity contribution in [3.63, 3.8) is 0 Å². The molecular weight excluding hydrogens is 324 g/mol. The van der Waals surface area contributed by atoms with E-state index in [-0.39, 0.29) is 42.5 Å². The molecule has 8 nitrogen and oxygen atoms in total. The molecule has 1 unspecified atom stereocenters. The standard InChI is InChI=1S/C17H24N4O4/c1-4-25-17(24)15-12-9-20(6-5-13(12)18-19-15)16(23)11-7-14(22)21(8-11)10(2)3/h10-11H,4-9H2,1-3H3,(H,18,19). The van der Waals surface area contributed by atoms with Crippen LogP contribution < -0.4 is 0 Å². The maximum Gasteiger partial charge on any atom is 0.359 e. The van der Waals surface area contributed by atoms with Gasteiger partial charge in [0, 0.05) is 49.8 Å². The molecule has 8 heteroatoms. The lowest BCUT2D eigenvalue weighted by Crippen LogP contribution is -2.41. The monoisotopic (exact) mass is 348 g/mol. The van der Waals surface area contributed by atoms with Gasteiger partial charge in [0.25, 0.3) is 0 Å². The van der Waals surface area contributed by atoms with Crippen LogP contribution in [0, 0.1) is 5.92 Å². The van der Waals surface area contributed by atoms with Crippen LogP contribution >= 0.6 is 0 Å². The number of likely N-dealkylation sites (tertiary alicyclic amines) is 1. The number of rotatable bonds is 4. The van der Waals surface area contributed by atoms with Crippen molar-refractivity contribution in [3.05, 3.63) is 17.0 Å². The minimum atomic E-state index is -0.476. The second kappa shape index (κ2) is 6.85. The fraction of sp³-hybridized carbons (Fsp3) is 0.647. The van der Waals surface area contributed by atoms with Crippen molar-refractivity contribution < 1.29 is 19.1 Å². The third-order valence-corrected chi connectivity index (χ3v) is 4.84. The first kappa shape index (κ1) is 17.4. The Hall–Kier alpha value is -2.38. The van der Waals surface area contributed by atoms with Gasteiger partial charge < -0.3 is 14.5 Å². The number of fused-ring (bicyclic) bond motifs is 1. The van der Waals surface area contributed by atoms with Gasteiger partial charge in [0.15, 0.2) is 5.69 Å². The molecule has 1 N–H and O–H groups in total. The van der Waals surface area contributed by atoms with Crippen LogP contribution in [0.5, 0.6) is 0 Å². The summed E-state index contributed by atoms with van der Waals surface area (Å²) in [4.78, 5) is 40.4. The third-order valence-electron chi connectivity index (χ3n) is 4.84. The first-order valence-electron chi connectivity index (χ1n) is 8.73. The summed E-state index contributed by atoms with van der Waals surface area (Å²) in [6.07, 6.45) is 0.874. The molecule has 0 aliphatic carbocycles. The molecule has 2 amide bonds. The molecule has 2 aliphatic heterocycles. The zero-order valence-corrected chi connectivity index (χ0v) is 14.9. The maximum atomic E-state index is 12.9. The van der Waals surface area contributed by atoms with Gasteiger partial charge in [0.05, 0.1) is 12.5 Å². The van der Waals surface area contributed by atoms with Crippen LogP contribution in [-0.4, -0.2) is 63.5 Å². The molecule has 136 valence electrons. The second-order valence-corrected chi connectivity index (χ2v) is 6.80. The second-order valence-electron chi connectivity index (χ2n) is 6.80. The molecule has 3 rings (SSSR count). The first-order chi connectivity index (χ1) is 11.9. The number of ether oxygens (including phenoxy) is 1. The summed E-state index contributed by atoms with van der Waals surface area (Å²) < 4.78 is 5.03. The zero-order chi connectivity index (χ0) is 18.1. The Morgan fingerprint density at radius 3 is 2.80 bits per heavy atom. The van der Waals surface area contributed by atoms with E-state index in [1.807, 2.05) is 13.8 Å². The highest BCUT2D eigenvalue weighted by Gasteiger charge is 2.39. The number of aromatic amines is 1. The van der Waals surface area contributed by atoms with Crippen LogP contribution in [0.2, 0.25) is 0 Å². The molecule has 1 saturated heterocycles. The number of hydrogen-bond donors (Lipinski definition) is 1. The SMILES string of the molecule is CCOC(=O)c1n[nH]c2c1CN(C(=O)C1CC(=O)N(C(C)C)C1)CC2. The summed E-state index contributed by atoms with van der Waals surface area (Å²) in [7, 11) is 0. The molecule has 0 radical (unpaired) electrons. The average Bonchev–Trinajstić information content (AvgIpc) is 3.17. The Kier molecular flexibility index (Phi) is 4.78. The number of amides is 2. The molecule has 1 fully saturated rings. The highest BCUT2D eigenvalue weighted by atomic mass is 16.5. The van der Waals surface area contributed by atoms with E-state index >= 15 is 0 Å². The third kappa shape index (κ3) is 3.25. The lowest BCUT2D eigenvalue weighted by molar-refractivity contribution is -0.136. The van der Waals surface area contributed by atoms with E-state index in [1.54, 1.807) is 16.7 Å². The van der Waals surface area contributed by atoms with Gasteiger partial charge in [-0.1, -0.05) is 0 Å². The number of nitrogens with zero attached hydrogens (tertiary/aromatic N) is 3. The van der Waals surface area contributed by atoms with Gasteiger partial charge in [-0.2, -0.15) is 5.10 Å². The Labute approximate surface area is 146 Å². The summed E-state index contributed by atoms with van der Waals surface area (Å²) >= 11 is 0. The van der Waals surface area contributed by atoms with Crippen molar-refractivity contribution in [1.82, 2.24) is 20.0 Å². The Morgan fingerprint density at radius 2 is 2.16 bits per heavy atom. The molecule has 2 aliphatic rings.